The Kier molecular flexibility index (Phi) is 5.43. The van der Waals surface area contributed by atoms with Gasteiger partial charge in [0, 0.05) is 25.9 Å². The summed E-state index contributed by atoms with van der Waals surface area (Å²) < 4.78 is 1.52. The molecule has 132 valence electrons. The number of aliphatic hydroxyl groups excluding tert-OH is 1. The molecule has 2 heterocycles. The van der Waals surface area contributed by atoms with Crippen LogP contribution in [0.15, 0.2) is 10.9 Å². The maximum atomic E-state index is 12.7. The fraction of sp³-hybridized carbons (Fsp3) is 0.588. The van der Waals surface area contributed by atoms with E-state index in [9.17, 15) is 14.7 Å². The lowest BCUT2D eigenvalue weighted by molar-refractivity contribution is 0.0908. The van der Waals surface area contributed by atoms with Crippen LogP contribution in [0.25, 0.3) is 11.0 Å². The highest BCUT2D eigenvalue weighted by Gasteiger charge is 2.27. The number of hydrogen-bond acceptors (Lipinski definition) is 4. The standard InChI is InChI=1S/C17H26N4O3/c1-5-17(6-2,7-8-22)10-18-15(23)12-9-11(3)19-14-13(12)16(24)20-21(14)4/h9,22H,5-8,10H2,1-4H3,(H,18,23)(H,20,24). The van der Waals surface area contributed by atoms with Crippen LogP contribution in [0.1, 0.15) is 49.2 Å². The van der Waals surface area contributed by atoms with Crippen molar-refractivity contribution in [3.8, 4) is 0 Å². The van der Waals surface area contributed by atoms with Gasteiger partial charge in [0.2, 0.25) is 0 Å². The van der Waals surface area contributed by atoms with Crippen LogP contribution >= 0.6 is 0 Å². The summed E-state index contributed by atoms with van der Waals surface area (Å²) in [5.41, 5.74) is 1.03. The Balaban J connectivity index is 2.34. The zero-order valence-electron chi connectivity index (χ0n) is 14.8. The molecule has 0 saturated carbocycles. The summed E-state index contributed by atoms with van der Waals surface area (Å²) in [4.78, 5) is 29.1. The number of nitrogens with zero attached hydrogens (tertiary/aromatic N) is 2. The summed E-state index contributed by atoms with van der Waals surface area (Å²) in [5, 5.41) is 15.2. The van der Waals surface area contributed by atoms with Crippen LogP contribution in [-0.2, 0) is 7.05 Å². The number of nitrogens with one attached hydrogen (secondary N) is 2. The monoisotopic (exact) mass is 334 g/mol. The van der Waals surface area contributed by atoms with Gasteiger partial charge in [0.15, 0.2) is 5.65 Å². The first kappa shape index (κ1) is 18.2. The molecule has 0 spiro atoms. The number of amides is 1. The van der Waals surface area contributed by atoms with E-state index in [0.29, 0.717) is 35.3 Å². The van der Waals surface area contributed by atoms with Crippen molar-refractivity contribution in [2.75, 3.05) is 13.2 Å². The van der Waals surface area contributed by atoms with E-state index in [-0.39, 0.29) is 23.5 Å². The number of hydrogen-bond donors (Lipinski definition) is 3. The highest BCUT2D eigenvalue weighted by molar-refractivity contribution is 6.05. The van der Waals surface area contributed by atoms with Gasteiger partial charge >= 0.3 is 0 Å². The molecule has 0 unspecified atom stereocenters. The van der Waals surface area contributed by atoms with Gasteiger partial charge in [-0.2, -0.15) is 0 Å². The minimum Gasteiger partial charge on any atom is -0.396 e. The van der Waals surface area contributed by atoms with E-state index in [0.717, 1.165) is 12.8 Å². The van der Waals surface area contributed by atoms with Crippen LogP contribution in [0.2, 0.25) is 0 Å². The largest absolute Gasteiger partial charge is 0.396 e. The van der Waals surface area contributed by atoms with Gasteiger partial charge in [0.05, 0.1) is 10.9 Å². The number of aliphatic hydroxyl groups is 1. The van der Waals surface area contributed by atoms with Crippen LogP contribution in [0.4, 0.5) is 0 Å². The van der Waals surface area contributed by atoms with Crippen molar-refractivity contribution in [2.45, 2.75) is 40.0 Å². The third-order valence-electron chi connectivity index (χ3n) is 4.95. The van der Waals surface area contributed by atoms with Gasteiger partial charge in [-0.3, -0.25) is 19.4 Å². The zero-order chi connectivity index (χ0) is 17.9. The number of aryl methyl sites for hydroxylation is 2. The molecule has 2 rings (SSSR count). The lowest BCUT2D eigenvalue weighted by Gasteiger charge is -2.31. The van der Waals surface area contributed by atoms with E-state index in [4.69, 9.17) is 0 Å². The quantitative estimate of drug-likeness (QED) is 0.714. The Bertz CT molecular complexity index is 787. The van der Waals surface area contributed by atoms with Crippen LogP contribution in [-0.4, -0.2) is 38.9 Å². The van der Waals surface area contributed by atoms with Crippen molar-refractivity contribution in [3.63, 3.8) is 0 Å². The van der Waals surface area contributed by atoms with Gasteiger partial charge in [-0.25, -0.2) is 4.98 Å². The lowest BCUT2D eigenvalue weighted by atomic mass is 9.79. The molecule has 0 aliphatic carbocycles. The molecule has 24 heavy (non-hydrogen) atoms. The van der Waals surface area contributed by atoms with Crippen LogP contribution in [0, 0.1) is 12.3 Å². The van der Waals surface area contributed by atoms with Gasteiger partial charge in [-0.05, 0) is 37.7 Å². The van der Waals surface area contributed by atoms with E-state index in [1.165, 1.54) is 4.68 Å². The summed E-state index contributed by atoms with van der Waals surface area (Å²) in [5.74, 6) is -0.286. The normalized spacial score (nSPS) is 11.9. The number of pyridine rings is 1. The molecule has 0 aliphatic heterocycles. The van der Waals surface area contributed by atoms with Crippen molar-refractivity contribution < 1.29 is 9.90 Å². The summed E-state index contributed by atoms with van der Waals surface area (Å²) in [6, 6.07) is 1.64. The number of carbonyl (C=O) groups is 1. The average molecular weight is 334 g/mol. The smallest absolute Gasteiger partial charge is 0.274 e. The molecule has 7 heteroatoms. The Morgan fingerprint density at radius 1 is 1.42 bits per heavy atom. The van der Waals surface area contributed by atoms with Gasteiger partial charge in [-0.1, -0.05) is 13.8 Å². The molecule has 0 aliphatic rings. The molecule has 2 aromatic rings. The van der Waals surface area contributed by atoms with E-state index in [1.807, 2.05) is 0 Å². The van der Waals surface area contributed by atoms with Gasteiger partial charge in [0.25, 0.3) is 11.5 Å². The summed E-state index contributed by atoms with van der Waals surface area (Å²) in [7, 11) is 1.69. The molecule has 2 aromatic heterocycles. The molecule has 0 atom stereocenters. The first-order valence-electron chi connectivity index (χ1n) is 8.33. The molecule has 3 N–H and O–H groups in total. The Morgan fingerprint density at radius 3 is 2.67 bits per heavy atom. The second-order valence-electron chi connectivity index (χ2n) is 6.37. The molecular formula is C17H26N4O3. The van der Waals surface area contributed by atoms with E-state index < -0.39 is 0 Å². The predicted molar refractivity (Wildman–Crippen MR) is 93.1 cm³/mol. The maximum absolute atomic E-state index is 12.7. The third-order valence-corrected chi connectivity index (χ3v) is 4.95. The van der Waals surface area contributed by atoms with Crippen LogP contribution in [0.3, 0.4) is 0 Å². The number of aromatic amines is 1. The molecule has 0 aromatic carbocycles. The number of fused-ring (bicyclic) bond motifs is 1. The molecule has 7 nitrogen and oxygen atoms in total. The molecular weight excluding hydrogens is 308 g/mol. The zero-order valence-corrected chi connectivity index (χ0v) is 14.8. The number of aromatic nitrogens is 3. The highest BCUT2D eigenvalue weighted by Crippen LogP contribution is 2.29. The molecule has 0 bridgehead atoms. The lowest BCUT2D eigenvalue weighted by Crippen LogP contribution is -2.38. The predicted octanol–water partition coefficient (Wildman–Crippen LogP) is 1.49. The number of rotatable bonds is 7. The van der Waals surface area contributed by atoms with Crippen LogP contribution in [0.5, 0.6) is 0 Å². The van der Waals surface area contributed by atoms with Crippen molar-refractivity contribution in [1.29, 1.82) is 0 Å². The molecule has 0 fully saturated rings. The molecule has 1 amide bonds. The highest BCUT2D eigenvalue weighted by atomic mass is 16.3. The second kappa shape index (κ2) is 7.17. The first-order valence-corrected chi connectivity index (χ1v) is 8.33. The summed E-state index contributed by atoms with van der Waals surface area (Å²) in [6.07, 6.45) is 2.36. The maximum Gasteiger partial charge on any atom is 0.274 e. The van der Waals surface area contributed by atoms with Crippen molar-refractivity contribution in [3.05, 3.63) is 27.7 Å². The van der Waals surface area contributed by atoms with Gasteiger partial charge in [0.1, 0.15) is 0 Å². The van der Waals surface area contributed by atoms with E-state index in [1.54, 1.807) is 20.0 Å². The Morgan fingerprint density at radius 2 is 2.08 bits per heavy atom. The minimum atomic E-state index is -0.322. The van der Waals surface area contributed by atoms with E-state index >= 15 is 0 Å². The van der Waals surface area contributed by atoms with Crippen molar-refractivity contribution in [2.24, 2.45) is 12.5 Å². The Hall–Kier alpha value is -2.15. The third kappa shape index (κ3) is 3.36. The van der Waals surface area contributed by atoms with Crippen LogP contribution < -0.4 is 10.9 Å². The average Bonchev–Trinajstić information content (AvgIpc) is 2.85. The fourth-order valence-electron chi connectivity index (χ4n) is 3.11. The van der Waals surface area contributed by atoms with Gasteiger partial charge in [-0.15, -0.1) is 0 Å². The molecule has 0 radical (unpaired) electrons. The van der Waals surface area contributed by atoms with Crippen molar-refractivity contribution in [1.82, 2.24) is 20.1 Å². The fourth-order valence-corrected chi connectivity index (χ4v) is 3.11. The topological polar surface area (TPSA) is 100 Å². The summed E-state index contributed by atoms with van der Waals surface area (Å²) >= 11 is 0. The van der Waals surface area contributed by atoms with E-state index in [2.05, 4.69) is 29.2 Å². The SMILES string of the molecule is CCC(CC)(CCO)CNC(=O)c1cc(C)nc2c1c(=O)[nH]n2C. The minimum absolute atomic E-state index is 0.0918. The Labute approximate surface area is 141 Å². The second-order valence-corrected chi connectivity index (χ2v) is 6.37. The van der Waals surface area contributed by atoms with Crippen molar-refractivity contribution >= 4 is 16.9 Å². The molecule has 0 saturated heterocycles. The first-order chi connectivity index (χ1) is 11.4. The number of H-pyrrole nitrogens is 1. The van der Waals surface area contributed by atoms with Gasteiger partial charge < -0.3 is 10.4 Å². The number of carbonyl (C=O) groups excluding carboxylic acids is 1. The summed E-state index contributed by atoms with van der Waals surface area (Å²) in [6.45, 7) is 6.47.